The molecule has 2 aromatic rings. The Bertz CT molecular complexity index is 777. The zero-order valence-electron chi connectivity index (χ0n) is 16.4. The summed E-state index contributed by atoms with van der Waals surface area (Å²) < 4.78 is 0. The molecule has 1 fully saturated rings. The van der Waals surface area contributed by atoms with E-state index in [0.29, 0.717) is 31.0 Å². The Kier molecular flexibility index (Phi) is 6.82. The largest absolute Gasteiger partial charge is 0.341 e. The van der Waals surface area contributed by atoms with Crippen molar-refractivity contribution in [2.24, 2.45) is 11.7 Å². The number of nitrogens with zero attached hydrogens (tertiary/aromatic N) is 1. The van der Waals surface area contributed by atoms with Crippen LogP contribution in [0.2, 0.25) is 0 Å². The maximum atomic E-state index is 13.3. The van der Waals surface area contributed by atoms with E-state index in [-0.39, 0.29) is 17.9 Å². The number of likely N-dealkylation sites (tertiary alicyclic amines) is 1. The third-order valence-electron chi connectivity index (χ3n) is 5.44. The standard InChI is InChI=1S/C23H29N3O2/c1-17(24)20-13-8-14-26(16-20)23(28)21(15-18-9-4-2-5-10-18)25-22(27)19-11-6-3-7-12-19/h2-7,9-12,17,20-21H,8,13-16,24H2,1H3,(H,25,27). The number of rotatable bonds is 6. The monoisotopic (exact) mass is 379 g/mol. The number of nitrogens with two attached hydrogens (primary N) is 1. The van der Waals surface area contributed by atoms with Crippen LogP contribution < -0.4 is 11.1 Å². The molecule has 1 aliphatic heterocycles. The topological polar surface area (TPSA) is 75.4 Å². The minimum Gasteiger partial charge on any atom is -0.341 e. The minimum absolute atomic E-state index is 0.0292. The molecule has 0 saturated carbocycles. The summed E-state index contributed by atoms with van der Waals surface area (Å²) in [5.41, 5.74) is 7.66. The van der Waals surface area contributed by atoms with Crippen molar-refractivity contribution in [2.75, 3.05) is 13.1 Å². The molecule has 0 aliphatic carbocycles. The highest BCUT2D eigenvalue weighted by Crippen LogP contribution is 2.20. The molecule has 0 radical (unpaired) electrons. The molecule has 1 saturated heterocycles. The Morgan fingerprint density at radius 2 is 1.75 bits per heavy atom. The summed E-state index contributed by atoms with van der Waals surface area (Å²) in [6.45, 7) is 3.37. The molecule has 2 aromatic carbocycles. The second-order valence-corrected chi connectivity index (χ2v) is 7.63. The van der Waals surface area contributed by atoms with E-state index in [4.69, 9.17) is 5.73 Å². The van der Waals surface area contributed by atoms with Gasteiger partial charge in [0.25, 0.3) is 5.91 Å². The smallest absolute Gasteiger partial charge is 0.251 e. The summed E-state index contributed by atoms with van der Waals surface area (Å²) in [7, 11) is 0. The highest BCUT2D eigenvalue weighted by Gasteiger charge is 2.31. The maximum absolute atomic E-state index is 13.3. The highest BCUT2D eigenvalue weighted by atomic mass is 16.2. The van der Waals surface area contributed by atoms with Gasteiger partial charge in [-0.3, -0.25) is 9.59 Å². The molecular weight excluding hydrogens is 350 g/mol. The van der Waals surface area contributed by atoms with Crippen LogP contribution in [0.15, 0.2) is 60.7 Å². The molecule has 0 bridgehead atoms. The van der Waals surface area contributed by atoms with E-state index in [2.05, 4.69) is 5.32 Å². The summed E-state index contributed by atoms with van der Waals surface area (Å²) >= 11 is 0. The first-order valence-electron chi connectivity index (χ1n) is 9.99. The SMILES string of the molecule is CC(N)C1CCCN(C(=O)C(Cc2ccccc2)NC(=O)c2ccccc2)C1. The fourth-order valence-corrected chi connectivity index (χ4v) is 3.74. The predicted molar refractivity (Wildman–Crippen MR) is 111 cm³/mol. The van der Waals surface area contributed by atoms with Crippen molar-refractivity contribution in [3.63, 3.8) is 0 Å². The van der Waals surface area contributed by atoms with Crippen LogP contribution >= 0.6 is 0 Å². The van der Waals surface area contributed by atoms with Gasteiger partial charge in [0.05, 0.1) is 0 Å². The van der Waals surface area contributed by atoms with Crippen LogP contribution in [0.25, 0.3) is 0 Å². The van der Waals surface area contributed by atoms with E-state index in [1.54, 1.807) is 12.1 Å². The lowest BCUT2D eigenvalue weighted by molar-refractivity contribution is -0.135. The first-order valence-corrected chi connectivity index (χ1v) is 9.99. The van der Waals surface area contributed by atoms with Crippen molar-refractivity contribution in [3.05, 3.63) is 71.8 Å². The van der Waals surface area contributed by atoms with Crippen molar-refractivity contribution in [3.8, 4) is 0 Å². The molecule has 5 nitrogen and oxygen atoms in total. The average molecular weight is 380 g/mol. The Labute approximate surface area is 166 Å². The van der Waals surface area contributed by atoms with E-state index >= 15 is 0 Å². The van der Waals surface area contributed by atoms with Gasteiger partial charge in [-0.2, -0.15) is 0 Å². The van der Waals surface area contributed by atoms with Crippen molar-refractivity contribution in [2.45, 2.75) is 38.3 Å². The fraction of sp³-hybridized carbons (Fsp3) is 0.391. The lowest BCUT2D eigenvalue weighted by atomic mass is 9.91. The van der Waals surface area contributed by atoms with Crippen LogP contribution in [0.4, 0.5) is 0 Å². The van der Waals surface area contributed by atoms with Crippen LogP contribution in [0.5, 0.6) is 0 Å². The third-order valence-corrected chi connectivity index (χ3v) is 5.44. The second kappa shape index (κ2) is 9.51. The van der Waals surface area contributed by atoms with Crippen LogP contribution in [-0.4, -0.2) is 41.9 Å². The number of piperidine rings is 1. The van der Waals surface area contributed by atoms with Gasteiger partial charge in [0, 0.05) is 31.1 Å². The first kappa shape index (κ1) is 20.1. The molecule has 2 amide bonds. The van der Waals surface area contributed by atoms with Crippen LogP contribution in [0.1, 0.15) is 35.7 Å². The lowest BCUT2D eigenvalue weighted by Crippen LogP contribution is -2.53. The number of hydrogen-bond acceptors (Lipinski definition) is 3. The molecule has 0 aromatic heterocycles. The number of hydrogen-bond donors (Lipinski definition) is 2. The van der Waals surface area contributed by atoms with Gasteiger partial charge in [-0.05, 0) is 43.4 Å². The summed E-state index contributed by atoms with van der Waals surface area (Å²) in [6, 6.07) is 18.3. The maximum Gasteiger partial charge on any atom is 0.251 e. The highest BCUT2D eigenvalue weighted by molar-refractivity contribution is 5.97. The lowest BCUT2D eigenvalue weighted by Gasteiger charge is -2.36. The van der Waals surface area contributed by atoms with Crippen LogP contribution in [-0.2, 0) is 11.2 Å². The van der Waals surface area contributed by atoms with Crippen molar-refractivity contribution in [1.29, 1.82) is 0 Å². The summed E-state index contributed by atoms with van der Waals surface area (Å²) in [5.74, 6) is 0.0500. The molecule has 28 heavy (non-hydrogen) atoms. The van der Waals surface area contributed by atoms with Gasteiger partial charge >= 0.3 is 0 Å². The Hall–Kier alpha value is -2.66. The number of amides is 2. The van der Waals surface area contributed by atoms with Crippen molar-refractivity contribution in [1.82, 2.24) is 10.2 Å². The molecule has 3 rings (SSSR count). The van der Waals surface area contributed by atoms with Crippen molar-refractivity contribution >= 4 is 11.8 Å². The zero-order chi connectivity index (χ0) is 19.9. The minimum atomic E-state index is -0.595. The number of nitrogens with one attached hydrogen (secondary N) is 1. The molecule has 1 heterocycles. The molecule has 148 valence electrons. The van der Waals surface area contributed by atoms with Crippen LogP contribution in [0, 0.1) is 5.92 Å². The Balaban J connectivity index is 1.77. The van der Waals surface area contributed by atoms with Gasteiger partial charge in [-0.15, -0.1) is 0 Å². The van der Waals surface area contributed by atoms with Gasteiger partial charge < -0.3 is 16.0 Å². The van der Waals surface area contributed by atoms with E-state index < -0.39 is 6.04 Å². The van der Waals surface area contributed by atoms with Gasteiger partial charge in [0.2, 0.25) is 5.91 Å². The first-order chi connectivity index (χ1) is 13.5. The molecule has 3 N–H and O–H groups in total. The summed E-state index contributed by atoms with van der Waals surface area (Å²) in [5, 5.41) is 2.96. The normalized spacial score (nSPS) is 18.9. The third kappa shape index (κ3) is 5.20. The Morgan fingerprint density at radius 1 is 1.11 bits per heavy atom. The molecule has 0 spiro atoms. The number of carbonyl (C=O) groups excluding carboxylic acids is 2. The second-order valence-electron chi connectivity index (χ2n) is 7.63. The Morgan fingerprint density at radius 3 is 2.39 bits per heavy atom. The molecular formula is C23H29N3O2. The van der Waals surface area contributed by atoms with Gasteiger partial charge in [0.15, 0.2) is 0 Å². The molecule has 5 heteroatoms. The molecule has 3 atom stereocenters. The van der Waals surface area contributed by atoms with Crippen molar-refractivity contribution < 1.29 is 9.59 Å². The summed E-state index contributed by atoms with van der Waals surface area (Å²) in [4.78, 5) is 27.9. The average Bonchev–Trinajstić information content (AvgIpc) is 2.74. The molecule has 1 aliphatic rings. The predicted octanol–water partition coefficient (Wildman–Crippen LogP) is 2.61. The quantitative estimate of drug-likeness (QED) is 0.810. The molecule has 3 unspecified atom stereocenters. The number of benzene rings is 2. The van der Waals surface area contributed by atoms with E-state index in [0.717, 1.165) is 18.4 Å². The number of carbonyl (C=O) groups is 2. The van der Waals surface area contributed by atoms with Gasteiger partial charge in [-0.1, -0.05) is 48.5 Å². The van der Waals surface area contributed by atoms with E-state index in [1.807, 2.05) is 60.4 Å². The van der Waals surface area contributed by atoms with E-state index in [9.17, 15) is 9.59 Å². The summed E-state index contributed by atoms with van der Waals surface area (Å²) in [6.07, 6.45) is 2.46. The fourth-order valence-electron chi connectivity index (χ4n) is 3.74. The zero-order valence-corrected chi connectivity index (χ0v) is 16.4. The van der Waals surface area contributed by atoms with Gasteiger partial charge in [-0.25, -0.2) is 0 Å². The van der Waals surface area contributed by atoms with E-state index in [1.165, 1.54) is 0 Å². The van der Waals surface area contributed by atoms with Crippen LogP contribution in [0.3, 0.4) is 0 Å². The van der Waals surface area contributed by atoms with Gasteiger partial charge in [0.1, 0.15) is 6.04 Å².